The summed E-state index contributed by atoms with van der Waals surface area (Å²) in [7, 11) is -3.56. The van der Waals surface area contributed by atoms with E-state index in [0.29, 0.717) is 28.1 Å². The second kappa shape index (κ2) is 8.84. The highest BCUT2D eigenvalue weighted by Crippen LogP contribution is 2.27. The number of benzene rings is 2. The fraction of sp³-hybridized carbons (Fsp3) is 0.130. The van der Waals surface area contributed by atoms with Crippen molar-refractivity contribution < 1.29 is 17.6 Å². The lowest BCUT2D eigenvalue weighted by molar-refractivity contribution is 0.0939. The topological polar surface area (TPSA) is 102 Å². The van der Waals surface area contributed by atoms with E-state index in [-0.39, 0.29) is 15.5 Å². The van der Waals surface area contributed by atoms with Crippen LogP contribution in [0, 0.1) is 5.82 Å². The van der Waals surface area contributed by atoms with Crippen molar-refractivity contribution in [2.45, 2.75) is 17.9 Å². The number of hydrogen-bond donors (Lipinski definition) is 1. The minimum atomic E-state index is -3.56. The third-order valence-corrected chi connectivity index (χ3v) is 6.20. The van der Waals surface area contributed by atoms with Gasteiger partial charge in [-0.05, 0) is 49.4 Å². The molecule has 0 aliphatic heterocycles. The van der Waals surface area contributed by atoms with Crippen LogP contribution in [-0.2, 0) is 9.84 Å². The third kappa shape index (κ3) is 4.99. The largest absolute Gasteiger partial charge is 0.344 e. The van der Waals surface area contributed by atoms with E-state index in [0.717, 1.165) is 12.5 Å². The summed E-state index contributed by atoms with van der Waals surface area (Å²) in [6.45, 7) is 1.71. The molecule has 7 nitrogen and oxygen atoms in total. The summed E-state index contributed by atoms with van der Waals surface area (Å²) in [5.41, 5.74) is 2.53. The van der Waals surface area contributed by atoms with Crippen molar-refractivity contribution in [2.24, 2.45) is 0 Å². The van der Waals surface area contributed by atoms with Crippen molar-refractivity contribution in [2.75, 3.05) is 6.26 Å². The summed E-state index contributed by atoms with van der Waals surface area (Å²) in [4.78, 5) is 26.3. The predicted molar refractivity (Wildman–Crippen MR) is 123 cm³/mol. The maximum atomic E-state index is 13.4. The fourth-order valence-corrected chi connectivity index (χ4v) is 4.26. The molecule has 1 atom stereocenters. The number of fused-ring (bicyclic) bond motifs is 1. The van der Waals surface area contributed by atoms with Crippen LogP contribution >= 0.6 is 11.6 Å². The van der Waals surface area contributed by atoms with Crippen molar-refractivity contribution >= 4 is 38.4 Å². The molecular formula is C23H18ClFN4O3S. The number of pyridine rings is 1. The molecule has 0 fully saturated rings. The molecule has 0 saturated heterocycles. The van der Waals surface area contributed by atoms with Gasteiger partial charge in [0.25, 0.3) is 5.91 Å². The molecule has 4 aromatic rings. The van der Waals surface area contributed by atoms with Crippen LogP contribution in [0.1, 0.15) is 29.0 Å². The van der Waals surface area contributed by atoms with Crippen LogP contribution in [0.3, 0.4) is 0 Å². The van der Waals surface area contributed by atoms with Gasteiger partial charge in [-0.15, -0.1) is 0 Å². The van der Waals surface area contributed by atoms with E-state index in [9.17, 15) is 17.6 Å². The van der Waals surface area contributed by atoms with Crippen LogP contribution < -0.4 is 5.32 Å². The molecule has 0 spiro atoms. The Kier molecular flexibility index (Phi) is 6.09. The fourth-order valence-electron chi connectivity index (χ4n) is 3.28. The van der Waals surface area contributed by atoms with Crippen LogP contribution in [0.25, 0.3) is 22.4 Å². The highest BCUT2D eigenvalue weighted by atomic mass is 35.5. The molecule has 2 aromatic heterocycles. The maximum absolute atomic E-state index is 13.4. The Balaban J connectivity index is 1.74. The molecule has 0 bridgehead atoms. The SMILES string of the molecule is C[C@H](NC(=O)c1cc(Cl)cc(S(C)(=O)=O)c1)c1nc2ccccc2nc1-c1ccc(F)cn1. The molecule has 4 rings (SSSR count). The number of hydrogen-bond acceptors (Lipinski definition) is 6. The molecule has 0 unspecified atom stereocenters. The molecule has 0 radical (unpaired) electrons. The first kappa shape index (κ1) is 22.8. The summed E-state index contributed by atoms with van der Waals surface area (Å²) in [6.07, 6.45) is 2.12. The van der Waals surface area contributed by atoms with Crippen LogP contribution in [0.4, 0.5) is 4.39 Å². The summed E-state index contributed by atoms with van der Waals surface area (Å²) in [6, 6.07) is 13.3. The van der Waals surface area contributed by atoms with E-state index in [1.54, 1.807) is 19.1 Å². The van der Waals surface area contributed by atoms with E-state index in [1.165, 1.54) is 30.3 Å². The maximum Gasteiger partial charge on any atom is 0.251 e. The lowest BCUT2D eigenvalue weighted by Gasteiger charge is -2.17. The van der Waals surface area contributed by atoms with Gasteiger partial charge in [0.2, 0.25) is 0 Å². The predicted octanol–water partition coefficient (Wildman–Crippen LogP) is 4.38. The second-order valence-corrected chi connectivity index (χ2v) is 9.90. The van der Waals surface area contributed by atoms with Crippen molar-refractivity contribution in [1.29, 1.82) is 0 Å². The van der Waals surface area contributed by atoms with Crippen LogP contribution in [0.2, 0.25) is 5.02 Å². The molecule has 0 saturated carbocycles. The lowest BCUT2D eigenvalue weighted by Crippen LogP contribution is -2.28. The average Bonchev–Trinajstić information content (AvgIpc) is 2.77. The van der Waals surface area contributed by atoms with Crippen molar-refractivity contribution in [3.05, 3.63) is 82.9 Å². The third-order valence-electron chi connectivity index (χ3n) is 4.89. The first-order chi connectivity index (χ1) is 15.6. The van der Waals surface area contributed by atoms with Gasteiger partial charge in [0.15, 0.2) is 9.84 Å². The number of para-hydroxylation sites is 2. The molecule has 0 aliphatic carbocycles. The standard InChI is InChI=1S/C23H18ClFN4O3S/c1-13(27-23(30)14-9-15(24)11-17(10-14)33(2,31)32)21-22(20-8-7-16(25)12-26-20)29-19-6-4-3-5-18(19)28-21/h3-13H,1-2H3,(H,27,30)/t13-/m0/s1. The van der Waals surface area contributed by atoms with Crippen LogP contribution in [-0.4, -0.2) is 35.5 Å². The monoisotopic (exact) mass is 484 g/mol. The number of carbonyl (C=O) groups excluding carboxylic acids is 1. The highest BCUT2D eigenvalue weighted by molar-refractivity contribution is 7.90. The summed E-state index contributed by atoms with van der Waals surface area (Å²) in [5.74, 6) is -1.03. The Labute approximate surface area is 194 Å². The normalized spacial score (nSPS) is 12.5. The van der Waals surface area contributed by atoms with Gasteiger partial charge in [0.05, 0.1) is 39.6 Å². The minimum Gasteiger partial charge on any atom is -0.344 e. The first-order valence-corrected chi connectivity index (χ1v) is 12.1. The van der Waals surface area contributed by atoms with Gasteiger partial charge < -0.3 is 5.32 Å². The Morgan fingerprint density at radius 2 is 1.76 bits per heavy atom. The van der Waals surface area contributed by atoms with Gasteiger partial charge in [-0.3, -0.25) is 9.78 Å². The lowest BCUT2D eigenvalue weighted by atomic mass is 10.1. The van der Waals surface area contributed by atoms with Gasteiger partial charge in [-0.25, -0.2) is 22.8 Å². The zero-order valence-corrected chi connectivity index (χ0v) is 19.2. The summed E-state index contributed by atoms with van der Waals surface area (Å²) in [5, 5.41) is 2.93. The molecule has 1 N–H and O–H groups in total. The van der Waals surface area contributed by atoms with E-state index in [1.807, 2.05) is 12.1 Å². The van der Waals surface area contributed by atoms with Gasteiger partial charge >= 0.3 is 0 Å². The number of halogens is 2. The number of sulfone groups is 1. The molecule has 0 aliphatic rings. The quantitative estimate of drug-likeness (QED) is 0.451. The Morgan fingerprint density at radius 1 is 1.06 bits per heavy atom. The average molecular weight is 485 g/mol. The van der Waals surface area contributed by atoms with Crippen LogP contribution in [0.15, 0.2) is 65.7 Å². The number of nitrogens with zero attached hydrogens (tertiary/aromatic N) is 3. The van der Waals surface area contributed by atoms with Gasteiger partial charge in [0, 0.05) is 16.8 Å². The van der Waals surface area contributed by atoms with Gasteiger partial charge in [0.1, 0.15) is 11.5 Å². The molecule has 10 heteroatoms. The molecule has 168 valence electrons. The minimum absolute atomic E-state index is 0.0606. The Bertz CT molecular complexity index is 1480. The van der Waals surface area contributed by atoms with Crippen molar-refractivity contribution in [3.63, 3.8) is 0 Å². The molecular weight excluding hydrogens is 467 g/mol. The summed E-state index contributed by atoms with van der Waals surface area (Å²) < 4.78 is 37.2. The Morgan fingerprint density at radius 3 is 2.39 bits per heavy atom. The van der Waals surface area contributed by atoms with E-state index in [4.69, 9.17) is 11.6 Å². The van der Waals surface area contributed by atoms with E-state index in [2.05, 4.69) is 20.3 Å². The zero-order chi connectivity index (χ0) is 23.8. The van der Waals surface area contributed by atoms with E-state index < -0.39 is 27.6 Å². The first-order valence-electron chi connectivity index (χ1n) is 9.82. The van der Waals surface area contributed by atoms with E-state index >= 15 is 0 Å². The van der Waals surface area contributed by atoms with Crippen molar-refractivity contribution in [1.82, 2.24) is 20.3 Å². The molecule has 33 heavy (non-hydrogen) atoms. The van der Waals surface area contributed by atoms with Crippen LogP contribution in [0.5, 0.6) is 0 Å². The molecule has 2 heterocycles. The molecule has 2 aromatic carbocycles. The second-order valence-electron chi connectivity index (χ2n) is 7.45. The zero-order valence-electron chi connectivity index (χ0n) is 17.6. The number of rotatable bonds is 5. The van der Waals surface area contributed by atoms with Gasteiger partial charge in [-0.2, -0.15) is 0 Å². The molecule has 1 amide bonds. The highest BCUT2D eigenvalue weighted by Gasteiger charge is 2.21. The Hall–Kier alpha value is -3.43. The summed E-state index contributed by atoms with van der Waals surface area (Å²) >= 11 is 6.03. The van der Waals surface area contributed by atoms with Crippen molar-refractivity contribution in [3.8, 4) is 11.4 Å². The van der Waals surface area contributed by atoms with Gasteiger partial charge in [-0.1, -0.05) is 23.7 Å². The number of aromatic nitrogens is 3. The number of amides is 1. The number of carbonyl (C=O) groups is 1. The number of nitrogens with one attached hydrogen (secondary N) is 1. The smallest absolute Gasteiger partial charge is 0.251 e.